The van der Waals surface area contributed by atoms with Crippen molar-refractivity contribution in [2.45, 2.75) is 27.2 Å². The van der Waals surface area contributed by atoms with E-state index < -0.39 is 0 Å². The molecule has 2 rings (SSSR count). The van der Waals surface area contributed by atoms with E-state index in [1.165, 1.54) is 0 Å². The highest BCUT2D eigenvalue weighted by atomic mass is 32.1. The van der Waals surface area contributed by atoms with E-state index in [-0.39, 0.29) is 16.8 Å². The molecule has 1 amide bonds. The predicted octanol–water partition coefficient (Wildman–Crippen LogP) is 3.70. The molecule has 0 radical (unpaired) electrons. The number of rotatable bonds is 3. The molecule has 23 heavy (non-hydrogen) atoms. The summed E-state index contributed by atoms with van der Waals surface area (Å²) in [7, 11) is 0. The highest BCUT2D eigenvalue weighted by Crippen LogP contribution is 2.24. The number of carbonyl (C=O) groups is 1. The zero-order valence-electron chi connectivity index (χ0n) is 13.4. The van der Waals surface area contributed by atoms with Gasteiger partial charge in [-0.1, -0.05) is 19.1 Å². The summed E-state index contributed by atoms with van der Waals surface area (Å²) in [6.45, 7) is 5.97. The molecule has 4 nitrogen and oxygen atoms in total. The molecule has 0 aliphatic rings. The summed E-state index contributed by atoms with van der Waals surface area (Å²) in [4.78, 5) is 12.2. The summed E-state index contributed by atoms with van der Waals surface area (Å²) in [5.41, 5.74) is 4.26. The van der Waals surface area contributed by atoms with Gasteiger partial charge in [-0.15, -0.1) is 0 Å². The van der Waals surface area contributed by atoms with Gasteiger partial charge in [-0.3, -0.25) is 10.1 Å². The highest BCUT2D eigenvalue weighted by Gasteiger charge is 2.10. The Kier molecular flexibility index (Phi) is 5.34. The van der Waals surface area contributed by atoms with Gasteiger partial charge < -0.3 is 10.4 Å². The molecule has 0 aliphatic carbocycles. The third kappa shape index (κ3) is 4.29. The zero-order valence-corrected chi connectivity index (χ0v) is 14.3. The van der Waals surface area contributed by atoms with Crippen LogP contribution in [0.1, 0.15) is 34.0 Å². The van der Waals surface area contributed by atoms with Gasteiger partial charge in [0.05, 0.1) is 5.69 Å². The lowest BCUT2D eigenvalue weighted by atomic mass is 10.1. The maximum absolute atomic E-state index is 12.2. The van der Waals surface area contributed by atoms with E-state index in [1.54, 1.807) is 12.1 Å². The summed E-state index contributed by atoms with van der Waals surface area (Å²) in [6.07, 6.45) is 0.844. The monoisotopic (exact) mass is 328 g/mol. The van der Waals surface area contributed by atoms with Crippen molar-refractivity contribution < 1.29 is 9.90 Å². The van der Waals surface area contributed by atoms with Gasteiger partial charge in [0, 0.05) is 5.56 Å². The van der Waals surface area contributed by atoms with Gasteiger partial charge >= 0.3 is 0 Å². The molecule has 0 bridgehead atoms. The van der Waals surface area contributed by atoms with Gasteiger partial charge in [-0.05, 0) is 73.4 Å². The van der Waals surface area contributed by atoms with Gasteiger partial charge in [-0.2, -0.15) is 0 Å². The number of phenols is 1. The number of anilines is 1. The van der Waals surface area contributed by atoms with E-state index in [4.69, 9.17) is 12.2 Å². The maximum Gasteiger partial charge on any atom is 0.257 e. The Balaban J connectivity index is 2.07. The first-order chi connectivity index (χ1) is 10.9. The van der Waals surface area contributed by atoms with Crippen molar-refractivity contribution >= 4 is 28.9 Å². The van der Waals surface area contributed by atoms with Gasteiger partial charge in [0.15, 0.2) is 5.11 Å². The van der Waals surface area contributed by atoms with Crippen LogP contribution in [0.3, 0.4) is 0 Å². The van der Waals surface area contributed by atoms with E-state index in [0.717, 1.165) is 23.1 Å². The molecule has 0 fully saturated rings. The number of hydrogen-bond acceptors (Lipinski definition) is 3. The van der Waals surface area contributed by atoms with E-state index in [0.29, 0.717) is 11.3 Å². The standard InChI is InChI=1S/C18H20N2O2S/c1-4-13-6-8-16(21)15(10-13)19-18(23)20-17(22)14-7-5-11(2)12(3)9-14/h5-10,21H,4H2,1-3H3,(H2,19,20,22,23). The second-order valence-corrected chi connectivity index (χ2v) is 5.82. The number of hydrogen-bond donors (Lipinski definition) is 3. The van der Waals surface area contributed by atoms with Crippen LogP contribution < -0.4 is 10.6 Å². The number of carbonyl (C=O) groups excluding carboxylic acids is 1. The van der Waals surface area contributed by atoms with Crippen molar-refractivity contribution in [3.8, 4) is 5.75 Å². The summed E-state index contributed by atoms with van der Waals surface area (Å²) in [6, 6.07) is 10.7. The van der Waals surface area contributed by atoms with Crippen LogP contribution >= 0.6 is 12.2 Å². The van der Waals surface area contributed by atoms with Crippen LogP contribution in [0.15, 0.2) is 36.4 Å². The third-order valence-electron chi connectivity index (χ3n) is 3.71. The number of thiocarbonyl (C=S) groups is 1. The molecule has 0 aromatic heterocycles. The van der Waals surface area contributed by atoms with Crippen molar-refractivity contribution in [3.05, 3.63) is 58.7 Å². The summed E-state index contributed by atoms with van der Waals surface area (Å²) < 4.78 is 0. The van der Waals surface area contributed by atoms with Gasteiger partial charge in [0.25, 0.3) is 5.91 Å². The molecule has 0 spiro atoms. The van der Waals surface area contributed by atoms with E-state index in [1.807, 2.05) is 45.0 Å². The van der Waals surface area contributed by atoms with Crippen molar-refractivity contribution in [2.75, 3.05) is 5.32 Å². The lowest BCUT2D eigenvalue weighted by molar-refractivity contribution is 0.0977. The summed E-state index contributed by atoms with van der Waals surface area (Å²) in [5.74, 6) is -0.193. The molecule has 0 atom stereocenters. The molecule has 2 aromatic rings. The van der Waals surface area contributed by atoms with E-state index >= 15 is 0 Å². The number of aryl methyl sites for hydroxylation is 3. The molecule has 120 valence electrons. The second kappa shape index (κ2) is 7.24. The SMILES string of the molecule is CCc1ccc(O)c(NC(=S)NC(=O)c2ccc(C)c(C)c2)c1. The first kappa shape index (κ1) is 17.0. The summed E-state index contributed by atoms with van der Waals surface area (Å²) in [5, 5.41) is 15.5. The fourth-order valence-corrected chi connectivity index (χ4v) is 2.32. The van der Waals surface area contributed by atoms with Crippen molar-refractivity contribution in [3.63, 3.8) is 0 Å². The summed E-state index contributed by atoms with van der Waals surface area (Å²) >= 11 is 5.16. The van der Waals surface area contributed by atoms with Gasteiger partial charge in [-0.25, -0.2) is 0 Å². The van der Waals surface area contributed by atoms with Crippen LogP contribution in [0.2, 0.25) is 0 Å². The first-order valence-electron chi connectivity index (χ1n) is 7.42. The Morgan fingerprint density at radius 1 is 1.13 bits per heavy atom. The molecule has 0 aliphatic heterocycles. The predicted molar refractivity (Wildman–Crippen MR) is 97.1 cm³/mol. The van der Waals surface area contributed by atoms with Crippen LogP contribution in [0.5, 0.6) is 5.75 Å². The number of amides is 1. The molecule has 0 saturated carbocycles. The Labute approximate surface area is 141 Å². The van der Waals surface area contributed by atoms with Crippen LogP contribution in [0.4, 0.5) is 5.69 Å². The van der Waals surface area contributed by atoms with Gasteiger partial charge in [0.2, 0.25) is 0 Å². The number of benzene rings is 2. The Morgan fingerprint density at radius 2 is 1.87 bits per heavy atom. The smallest absolute Gasteiger partial charge is 0.257 e. The average Bonchev–Trinajstić information content (AvgIpc) is 2.52. The second-order valence-electron chi connectivity index (χ2n) is 5.41. The number of phenolic OH excluding ortho intramolecular Hbond substituents is 1. The number of nitrogens with one attached hydrogen (secondary N) is 2. The lowest BCUT2D eigenvalue weighted by Crippen LogP contribution is -2.34. The van der Waals surface area contributed by atoms with Crippen molar-refractivity contribution in [1.82, 2.24) is 5.32 Å². The van der Waals surface area contributed by atoms with Gasteiger partial charge in [0.1, 0.15) is 5.75 Å². The van der Waals surface area contributed by atoms with Crippen LogP contribution in [0.25, 0.3) is 0 Å². The minimum Gasteiger partial charge on any atom is -0.506 e. The average molecular weight is 328 g/mol. The minimum absolute atomic E-state index is 0.0879. The molecule has 2 aromatic carbocycles. The fraction of sp³-hybridized carbons (Fsp3) is 0.222. The Bertz CT molecular complexity index is 757. The quantitative estimate of drug-likeness (QED) is 0.594. The molecular formula is C18H20N2O2S. The van der Waals surface area contributed by atoms with Crippen LogP contribution in [0, 0.1) is 13.8 Å². The Hall–Kier alpha value is -2.40. The molecule has 3 N–H and O–H groups in total. The van der Waals surface area contributed by atoms with E-state index in [9.17, 15) is 9.90 Å². The fourth-order valence-electron chi connectivity index (χ4n) is 2.11. The minimum atomic E-state index is -0.281. The highest BCUT2D eigenvalue weighted by molar-refractivity contribution is 7.80. The maximum atomic E-state index is 12.2. The zero-order chi connectivity index (χ0) is 17.0. The van der Waals surface area contributed by atoms with Crippen LogP contribution in [-0.2, 0) is 6.42 Å². The van der Waals surface area contributed by atoms with Crippen LogP contribution in [-0.4, -0.2) is 16.1 Å². The third-order valence-corrected chi connectivity index (χ3v) is 3.92. The molecule has 5 heteroatoms. The molecule has 0 saturated heterocycles. The first-order valence-corrected chi connectivity index (χ1v) is 7.83. The molecule has 0 unspecified atom stereocenters. The topological polar surface area (TPSA) is 61.4 Å². The van der Waals surface area contributed by atoms with E-state index in [2.05, 4.69) is 10.6 Å². The normalized spacial score (nSPS) is 10.2. The Morgan fingerprint density at radius 3 is 2.52 bits per heavy atom. The van der Waals surface area contributed by atoms with Crippen molar-refractivity contribution in [2.24, 2.45) is 0 Å². The number of aromatic hydroxyl groups is 1. The largest absolute Gasteiger partial charge is 0.506 e. The van der Waals surface area contributed by atoms with Crippen molar-refractivity contribution in [1.29, 1.82) is 0 Å². The molecule has 0 heterocycles. The molecular weight excluding hydrogens is 308 g/mol. The lowest BCUT2D eigenvalue weighted by Gasteiger charge is -2.12.